The number of amides is 1. The number of hydrogen-bond donors (Lipinski definition) is 1. The molecule has 6 heteroatoms. The molecule has 2 rings (SSSR count). The maximum atomic E-state index is 13.0. The molecule has 0 unspecified atom stereocenters. The molecule has 0 aliphatic carbocycles. The van der Waals surface area contributed by atoms with Crippen molar-refractivity contribution in [1.29, 1.82) is 0 Å². The van der Waals surface area contributed by atoms with Crippen LogP contribution in [-0.2, 0) is 0 Å². The molecule has 0 spiro atoms. The molecule has 0 fully saturated rings. The van der Waals surface area contributed by atoms with Crippen molar-refractivity contribution >= 4 is 23.2 Å². The van der Waals surface area contributed by atoms with Gasteiger partial charge in [-0.3, -0.25) is 4.79 Å². The second-order valence-electron chi connectivity index (χ2n) is 3.74. The van der Waals surface area contributed by atoms with Gasteiger partial charge in [-0.05, 0) is 30.3 Å². The first-order chi connectivity index (χ1) is 8.95. The van der Waals surface area contributed by atoms with E-state index in [9.17, 15) is 18.0 Å². The molecule has 98 valence electrons. The summed E-state index contributed by atoms with van der Waals surface area (Å²) in [6, 6.07) is 5.80. The second kappa shape index (κ2) is 5.32. The van der Waals surface area contributed by atoms with E-state index >= 15 is 0 Å². The Balaban J connectivity index is 2.25. The first-order valence-corrected chi connectivity index (χ1v) is 5.56. The molecule has 1 amide bonds. The van der Waals surface area contributed by atoms with E-state index in [-0.39, 0.29) is 16.3 Å². The van der Waals surface area contributed by atoms with Crippen LogP contribution in [0.2, 0.25) is 5.02 Å². The van der Waals surface area contributed by atoms with Crippen molar-refractivity contribution in [1.82, 2.24) is 0 Å². The summed E-state index contributed by atoms with van der Waals surface area (Å²) in [6.07, 6.45) is 0. The standard InChI is InChI=1S/C13H7ClF3NO/c14-11-6-8(15)1-2-12(11)18-13(19)7-3-9(16)5-10(17)4-7/h1-6H,(H,18,19). The van der Waals surface area contributed by atoms with Gasteiger partial charge in [0.15, 0.2) is 0 Å². The SMILES string of the molecule is O=C(Nc1ccc(F)cc1Cl)c1cc(F)cc(F)c1. The number of hydrogen-bond acceptors (Lipinski definition) is 1. The van der Waals surface area contributed by atoms with Gasteiger partial charge < -0.3 is 5.32 Å². The van der Waals surface area contributed by atoms with Gasteiger partial charge in [0.1, 0.15) is 17.5 Å². The fraction of sp³-hybridized carbons (Fsp3) is 0. The van der Waals surface area contributed by atoms with Crippen LogP contribution in [0.3, 0.4) is 0 Å². The molecule has 0 saturated carbocycles. The number of benzene rings is 2. The fourth-order valence-electron chi connectivity index (χ4n) is 1.47. The van der Waals surface area contributed by atoms with Crippen molar-refractivity contribution < 1.29 is 18.0 Å². The first-order valence-electron chi connectivity index (χ1n) is 5.18. The van der Waals surface area contributed by atoms with Gasteiger partial charge in [-0.1, -0.05) is 11.6 Å². The highest BCUT2D eigenvalue weighted by Gasteiger charge is 2.11. The molecule has 0 saturated heterocycles. The van der Waals surface area contributed by atoms with Gasteiger partial charge in [-0.15, -0.1) is 0 Å². The van der Waals surface area contributed by atoms with Crippen LogP contribution in [0.5, 0.6) is 0 Å². The number of carbonyl (C=O) groups excluding carboxylic acids is 1. The van der Waals surface area contributed by atoms with E-state index in [0.29, 0.717) is 6.07 Å². The summed E-state index contributed by atoms with van der Waals surface area (Å²) < 4.78 is 38.7. The van der Waals surface area contributed by atoms with Crippen LogP contribution in [0, 0.1) is 17.5 Å². The van der Waals surface area contributed by atoms with E-state index in [1.54, 1.807) is 0 Å². The third-order valence-electron chi connectivity index (χ3n) is 2.30. The van der Waals surface area contributed by atoms with Crippen LogP contribution < -0.4 is 5.32 Å². The zero-order valence-corrected chi connectivity index (χ0v) is 10.1. The molecule has 0 aliphatic rings. The van der Waals surface area contributed by atoms with Crippen molar-refractivity contribution in [3.8, 4) is 0 Å². The highest BCUT2D eigenvalue weighted by atomic mass is 35.5. The summed E-state index contributed by atoms with van der Waals surface area (Å²) >= 11 is 5.72. The molecule has 0 aromatic heterocycles. The molecule has 0 atom stereocenters. The molecule has 19 heavy (non-hydrogen) atoms. The lowest BCUT2D eigenvalue weighted by Gasteiger charge is -2.07. The van der Waals surface area contributed by atoms with Gasteiger partial charge >= 0.3 is 0 Å². The first kappa shape index (κ1) is 13.4. The van der Waals surface area contributed by atoms with Crippen molar-refractivity contribution in [3.63, 3.8) is 0 Å². The van der Waals surface area contributed by atoms with E-state index in [1.165, 1.54) is 6.07 Å². The highest BCUT2D eigenvalue weighted by Crippen LogP contribution is 2.23. The Morgan fingerprint density at radius 3 is 2.16 bits per heavy atom. The summed E-state index contributed by atoms with van der Waals surface area (Å²) in [4.78, 5) is 11.8. The van der Waals surface area contributed by atoms with E-state index < -0.39 is 23.4 Å². The zero-order chi connectivity index (χ0) is 14.0. The van der Waals surface area contributed by atoms with Gasteiger partial charge in [0.2, 0.25) is 0 Å². The summed E-state index contributed by atoms with van der Waals surface area (Å²) in [7, 11) is 0. The monoisotopic (exact) mass is 285 g/mol. The second-order valence-corrected chi connectivity index (χ2v) is 4.14. The lowest BCUT2D eigenvalue weighted by atomic mass is 10.2. The molecule has 2 aromatic carbocycles. The zero-order valence-electron chi connectivity index (χ0n) is 9.38. The van der Waals surface area contributed by atoms with Crippen LogP contribution in [0.15, 0.2) is 36.4 Å². The Hall–Kier alpha value is -2.01. The van der Waals surface area contributed by atoms with Crippen molar-refractivity contribution in [2.45, 2.75) is 0 Å². The largest absolute Gasteiger partial charge is 0.321 e. The van der Waals surface area contributed by atoms with Crippen LogP contribution in [0.25, 0.3) is 0 Å². The molecule has 0 aliphatic heterocycles. The lowest BCUT2D eigenvalue weighted by molar-refractivity contribution is 0.102. The molecular weight excluding hydrogens is 279 g/mol. The van der Waals surface area contributed by atoms with Gasteiger partial charge in [-0.2, -0.15) is 0 Å². The Kier molecular flexibility index (Phi) is 3.76. The Morgan fingerprint density at radius 2 is 1.58 bits per heavy atom. The Morgan fingerprint density at radius 1 is 0.947 bits per heavy atom. The molecule has 1 N–H and O–H groups in total. The van der Waals surface area contributed by atoms with E-state index in [1.807, 2.05) is 0 Å². The predicted molar refractivity (Wildman–Crippen MR) is 65.7 cm³/mol. The molecule has 0 bridgehead atoms. The Bertz CT molecular complexity index is 626. The van der Waals surface area contributed by atoms with Crippen molar-refractivity contribution in [2.75, 3.05) is 5.32 Å². The lowest BCUT2D eigenvalue weighted by Crippen LogP contribution is -2.13. The van der Waals surface area contributed by atoms with E-state index in [2.05, 4.69) is 5.32 Å². The fourth-order valence-corrected chi connectivity index (χ4v) is 1.68. The van der Waals surface area contributed by atoms with Gasteiger partial charge in [0.25, 0.3) is 5.91 Å². The normalized spacial score (nSPS) is 10.3. The number of nitrogens with one attached hydrogen (secondary N) is 1. The van der Waals surface area contributed by atoms with Gasteiger partial charge in [0.05, 0.1) is 10.7 Å². The van der Waals surface area contributed by atoms with Crippen molar-refractivity contribution in [3.05, 3.63) is 64.4 Å². The average Bonchev–Trinajstić information content (AvgIpc) is 2.31. The minimum Gasteiger partial charge on any atom is -0.321 e. The third kappa shape index (κ3) is 3.26. The van der Waals surface area contributed by atoms with Crippen LogP contribution in [0.4, 0.5) is 18.9 Å². The minimum absolute atomic E-state index is 0.00905. The molecule has 2 nitrogen and oxygen atoms in total. The van der Waals surface area contributed by atoms with Crippen LogP contribution >= 0.6 is 11.6 Å². The molecule has 0 radical (unpaired) electrons. The third-order valence-corrected chi connectivity index (χ3v) is 2.62. The highest BCUT2D eigenvalue weighted by molar-refractivity contribution is 6.33. The minimum atomic E-state index is -0.865. The van der Waals surface area contributed by atoms with Crippen LogP contribution in [-0.4, -0.2) is 5.91 Å². The van der Waals surface area contributed by atoms with E-state index in [0.717, 1.165) is 24.3 Å². The quantitative estimate of drug-likeness (QED) is 0.887. The maximum Gasteiger partial charge on any atom is 0.255 e. The number of anilines is 1. The van der Waals surface area contributed by atoms with Gasteiger partial charge in [0, 0.05) is 11.6 Å². The number of halogens is 4. The van der Waals surface area contributed by atoms with Crippen LogP contribution in [0.1, 0.15) is 10.4 Å². The van der Waals surface area contributed by atoms with E-state index in [4.69, 9.17) is 11.6 Å². The smallest absolute Gasteiger partial charge is 0.255 e. The average molecular weight is 286 g/mol. The topological polar surface area (TPSA) is 29.1 Å². The number of rotatable bonds is 2. The van der Waals surface area contributed by atoms with Gasteiger partial charge in [-0.25, -0.2) is 13.2 Å². The molecule has 0 heterocycles. The molecule has 2 aromatic rings. The van der Waals surface area contributed by atoms with Crippen molar-refractivity contribution in [2.24, 2.45) is 0 Å². The summed E-state index contributed by atoms with van der Waals surface area (Å²) in [6.45, 7) is 0. The number of carbonyl (C=O) groups is 1. The predicted octanol–water partition coefficient (Wildman–Crippen LogP) is 4.01. The molecular formula is C13H7ClF3NO. The summed E-state index contributed by atoms with van der Waals surface area (Å²) in [5.74, 6) is -3.03. The summed E-state index contributed by atoms with van der Waals surface area (Å²) in [5.41, 5.74) is -0.0457. The Labute approximate surface area is 111 Å². The maximum absolute atomic E-state index is 13.0. The summed E-state index contributed by atoms with van der Waals surface area (Å²) in [5, 5.41) is 2.33.